The first-order chi connectivity index (χ1) is 10.8. The van der Waals surface area contributed by atoms with E-state index in [4.69, 9.17) is 27.9 Å². The molecule has 7 heteroatoms. The van der Waals surface area contributed by atoms with Gasteiger partial charge < -0.3 is 4.74 Å². The molecule has 0 saturated carbocycles. The average molecular weight is 374 g/mol. The number of benzene rings is 2. The highest BCUT2D eigenvalue weighted by molar-refractivity contribution is 7.89. The zero-order valence-corrected chi connectivity index (χ0v) is 15.1. The third-order valence-electron chi connectivity index (χ3n) is 3.31. The number of hydrogen-bond acceptors (Lipinski definition) is 3. The van der Waals surface area contributed by atoms with Gasteiger partial charge in [0.1, 0.15) is 10.6 Å². The van der Waals surface area contributed by atoms with Crippen LogP contribution in [0.25, 0.3) is 0 Å². The topological polar surface area (TPSA) is 55.4 Å². The minimum absolute atomic E-state index is 0.0251. The molecule has 0 aromatic heterocycles. The van der Waals surface area contributed by atoms with Crippen molar-refractivity contribution in [1.29, 1.82) is 0 Å². The van der Waals surface area contributed by atoms with E-state index >= 15 is 0 Å². The van der Waals surface area contributed by atoms with Crippen molar-refractivity contribution in [3.05, 3.63) is 57.6 Å². The molecule has 2 rings (SSSR count). The molecule has 0 unspecified atom stereocenters. The van der Waals surface area contributed by atoms with Crippen LogP contribution in [0.15, 0.2) is 41.3 Å². The molecule has 0 aliphatic rings. The zero-order valence-electron chi connectivity index (χ0n) is 12.8. The molecule has 23 heavy (non-hydrogen) atoms. The van der Waals surface area contributed by atoms with Gasteiger partial charge in [-0.1, -0.05) is 40.9 Å². The van der Waals surface area contributed by atoms with Crippen molar-refractivity contribution in [2.75, 3.05) is 13.7 Å². The monoisotopic (exact) mass is 373 g/mol. The maximum atomic E-state index is 12.3. The highest BCUT2D eigenvalue weighted by atomic mass is 35.5. The van der Waals surface area contributed by atoms with E-state index in [-0.39, 0.29) is 16.5 Å². The maximum Gasteiger partial charge on any atom is 0.242 e. The second-order valence-electron chi connectivity index (χ2n) is 5.04. The van der Waals surface area contributed by atoms with Gasteiger partial charge in [0.2, 0.25) is 10.0 Å². The lowest BCUT2D eigenvalue weighted by atomic mass is 10.1. The van der Waals surface area contributed by atoms with Crippen LogP contribution in [0.5, 0.6) is 5.75 Å². The number of sulfonamides is 1. The van der Waals surface area contributed by atoms with E-state index < -0.39 is 10.0 Å². The summed E-state index contributed by atoms with van der Waals surface area (Å²) in [5, 5.41) is 0.449. The van der Waals surface area contributed by atoms with Gasteiger partial charge in [0, 0.05) is 11.6 Å². The molecule has 0 bridgehead atoms. The highest BCUT2D eigenvalue weighted by Crippen LogP contribution is 2.25. The number of ether oxygens (including phenoxy) is 1. The lowest BCUT2D eigenvalue weighted by Gasteiger charge is -2.11. The van der Waals surface area contributed by atoms with Gasteiger partial charge in [0.05, 0.1) is 12.1 Å². The van der Waals surface area contributed by atoms with Gasteiger partial charge in [0.15, 0.2) is 0 Å². The molecule has 0 radical (unpaired) electrons. The van der Waals surface area contributed by atoms with Crippen molar-refractivity contribution in [3.63, 3.8) is 0 Å². The molecule has 1 N–H and O–H groups in total. The van der Waals surface area contributed by atoms with Crippen LogP contribution < -0.4 is 9.46 Å². The summed E-state index contributed by atoms with van der Waals surface area (Å²) in [7, 11) is -2.13. The number of aryl methyl sites for hydroxylation is 1. The van der Waals surface area contributed by atoms with E-state index in [0.717, 1.165) is 16.9 Å². The van der Waals surface area contributed by atoms with Gasteiger partial charge in [-0.05, 0) is 43.2 Å². The van der Waals surface area contributed by atoms with Crippen LogP contribution in [-0.2, 0) is 16.4 Å². The summed E-state index contributed by atoms with van der Waals surface area (Å²) in [5.74, 6) is 0.732. The number of methoxy groups -OCH3 is 1. The van der Waals surface area contributed by atoms with Gasteiger partial charge in [0.25, 0.3) is 0 Å². The number of rotatable bonds is 6. The third-order valence-corrected chi connectivity index (χ3v) is 5.48. The normalized spacial score (nSPS) is 11.5. The van der Waals surface area contributed by atoms with Gasteiger partial charge >= 0.3 is 0 Å². The van der Waals surface area contributed by atoms with E-state index in [0.29, 0.717) is 11.4 Å². The molecule has 0 atom stereocenters. The summed E-state index contributed by atoms with van der Waals surface area (Å²) in [5.41, 5.74) is 2.02. The molecule has 4 nitrogen and oxygen atoms in total. The van der Waals surface area contributed by atoms with Crippen LogP contribution in [-0.4, -0.2) is 22.1 Å². The summed E-state index contributed by atoms with van der Waals surface area (Å²) in [6.07, 6.45) is 0.502. The van der Waals surface area contributed by atoms with E-state index in [1.807, 2.05) is 25.1 Å². The SMILES string of the molecule is COc1ccc(C)cc1CCNS(=O)(=O)c1cc(Cl)ccc1Cl. The Morgan fingerprint density at radius 1 is 1.13 bits per heavy atom. The fourth-order valence-electron chi connectivity index (χ4n) is 2.18. The van der Waals surface area contributed by atoms with Gasteiger partial charge in [-0.3, -0.25) is 0 Å². The molecule has 0 fully saturated rings. The molecule has 0 amide bonds. The fraction of sp³-hybridized carbons (Fsp3) is 0.250. The van der Waals surface area contributed by atoms with Gasteiger partial charge in [-0.2, -0.15) is 0 Å². The Morgan fingerprint density at radius 2 is 1.87 bits per heavy atom. The van der Waals surface area contributed by atoms with Crippen LogP contribution in [0.1, 0.15) is 11.1 Å². The summed E-state index contributed by atoms with van der Waals surface area (Å²) >= 11 is 11.8. The van der Waals surface area contributed by atoms with E-state index in [9.17, 15) is 8.42 Å². The van der Waals surface area contributed by atoms with Crippen molar-refractivity contribution in [2.24, 2.45) is 0 Å². The molecular formula is C16H17Cl2NO3S. The predicted molar refractivity (Wildman–Crippen MR) is 93.1 cm³/mol. The number of halogens is 2. The average Bonchev–Trinajstić information content (AvgIpc) is 2.49. The minimum atomic E-state index is -3.72. The Labute approximate surface area is 146 Å². The molecule has 2 aromatic rings. The molecule has 0 aliphatic carbocycles. The molecular weight excluding hydrogens is 357 g/mol. The summed E-state index contributed by atoms with van der Waals surface area (Å²) in [4.78, 5) is -0.0251. The van der Waals surface area contributed by atoms with Crippen molar-refractivity contribution in [3.8, 4) is 5.75 Å². The first-order valence-corrected chi connectivity index (χ1v) is 9.15. The van der Waals surface area contributed by atoms with Crippen LogP contribution >= 0.6 is 23.2 Å². The lowest BCUT2D eigenvalue weighted by Crippen LogP contribution is -2.26. The fourth-order valence-corrected chi connectivity index (χ4v) is 3.98. The maximum absolute atomic E-state index is 12.3. The van der Waals surface area contributed by atoms with Crippen molar-refractivity contribution >= 4 is 33.2 Å². The Hall–Kier alpha value is -1.27. The number of nitrogens with one attached hydrogen (secondary N) is 1. The Kier molecular flexibility index (Phi) is 5.92. The molecule has 124 valence electrons. The largest absolute Gasteiger partial charge is 0.496 e. The summed E-state index contributed by atoms with van der Waals surface area (Å²) < 4.78 is 32.5. The molecule has 2 aromatic carbocycles. The quantitative estimate of drug-likeness (QED) is 0.836. The second kappa shape index (κ2) is 7.53. The Bertz CT molecular complexity index is 807. The van der Waals surface area contributed by atoms with Crippen molar-refractivity contribution in [1.82, 2.24) is 4.72 Å². The van der Waals surface area contributed by atoms with Crippen molar-refractivity contribution in [2.45, 2.75) is 18.2 Å². The predicted octanol–water partition coefficient (Wildman–Crippen LogP) is 3.83. The molecule has 0 aliphatic heterocycles. The molecule has 0 saturated heterocycles. The van der Waals surface area contributed by atoms with Crippen LogP contribution in [0.3, 0.4) is 0 Å². The first kappa shape index (κ1) is 18.1. The summed E-state index contributed by atoms with van der Waals surface area (Å²) in [6.45, 7) is 2.20. The molecule has 0 heterocycles. The second-order valence-corrected chi connectivity index (χ2v) is 7.62. The van der Waals surface area contributed by atoms with Crippen LogP contribution in [0.2, 0.25) is 10.0 Å². The third kappa shape index (κ3) is 4.61. The van der Waals surface area contributed by atoms with Gasteiger partial charge in [-0.25, -0.2) is 13.1 Å². The van der Waals surface area contributed by atoms with E-state index in [2.05, 4.69) is 4.72 Å². The highest BCUT2D eigenvalue weighted by Gasteiger charge is 2.18. The van der Waals surface area contributed by atoms with Crippen LogP contribution in [0.4, 0.5) is 0 Å². The first-order valence-electron chi connectivity index (χ1n) is 6.92. The lowest BCUT2D eigenvalue weighted by molar-refractivity contribution is 0.409. The zero-order chi connectivity index (χ0) is 17.0. The molecule has 0 spiro atoms. The Balaban J connectivity index is 2.11. The van der Waals surface area contributed by atoms with Crippen molar-refractivity contribution < 1.29 is 13.2 Å². The standard InChI is InChI=1S/C16H17Cl2NO3S/c1-11-3-6-15(22-2)12(9-11)7-8-19-23(20,21)16-10-13(17)4-5-14(16)18/h3-6,9-10,19H,7-8H2,1-2H3. The summed E-state index contributed by atoms with van der Waals surface area (Å²) in [6, 6.07) is 10.1. The van der Waals surface area contributed by atoms with Crippen LogP contribution in [0, 0.1) is 6.92 Å². The van der Waals surface area contributed by atoms with Gasteiger partial charge in [-0.15, -0.1) is 0 Å². The smallest absolute Gasteiger partial charge is 0.242 e. The number of hydrogen-bond donors (Lipinski definition) is 1. The van der Waals surface area contributed by atoms with E-state index in [1.165, 1.54) is 12.1 Å². The minimum Gasteiger partial charge on any atom is -0.496 e. The Morgan fingerprint density at radius 3 is 2.57 bits per heavy atom. The van der Waals surface area contributed by atoms with E-state index in [1.54, 1.807) is 13.2 Å².